The zero-order valence-corrected chi connectivity index (χ0v) is 50.9. The minimum absolute atomic E-state index is 0.0125. The Labute approximate surface area is 531 Å². The van der Waals surface area contributed by atoms with Crippen molar-refractivity contribution in [3.63, 3.8) is 0 Å². The number of aliphatic imine (C=N–C) groups is 3. The maximum absolute atomic E-state index is 14.8. The van der Waals surface area contributed by atoms with Gasteiger partial charge in [-0.25, -0.2) is 4.99 Å². The van der Waals surface area contributed by atoms with Crippen LogP contribution in [0.4, 0.5) is 0 Å². The summed E-state index contributed by atoms with van der Waals surface area (Å²) in [6, 6.07) is 6.24. The summed E-state index contributed by atoms with van der Waals surface area (Å²) in [6.07, 6.45) is 3.52. The number of para-hydroxylation sites is 1. The van der Waals surface area contributed by atoms with E-state index in [1.807, 2.05) is 0 Å². The van der Waals surface area contributed by atoms with Crippen LogP contribution in [0.1, 0.15) is 55.2 Å². The molecule has 496 valence electrons. The molecule has 0 saturated carbocycles. The van der Waals surface area contributed by atoms with Gasteiger partial charge in [-0.2, -0.15) is 11.8 Å². The molecular formula is C59H78N16O16S. The molecule has 0 saturated heterocycles. The third-order valence-electron chi connectivity index (χ3n) is 14.2. The van der Waals surface area contributed by atoms with Crippen molar-refractivity contribution in [2.75, 3.05) is 38.3 Å². The zero-order chi connectivity index (χ0) is 67.3. The topological polar surface area (TPSA) is 528 Å². The van der Waals surface area contributed by atoms with Gasteiger partial charge in [-0.1, -0.05) is 60.7 Å². The number of aliphatic hydroxyl groups excluding tert-OH is 2. The number of benzene rings is 3. The predicted octanol–water partition coefficient (Wildman–Crippen LogP) is -4.16. The molecule has 92 heavy (non-hydrogen) atoms. The number of aromatic amines is 1. The smallest absolute Gasteiger partial charge is 0.322 e. The molecule has 0 fully saturated rings. The number of phenolic OH excluding ortho intramolecular Hbond substituents is 1. The number of nitrogens with two attached hydrogens (primary N) is 3. The van der Waals surface area contributed by atoms with E-state index < -0.39 is 158 Å². The number of carbonyl (C=O) groups excluding carboxylic acids is 9. The third-order valence-corrected chi connectivity index (χ3v) is 14.9. The lowest BCUT2D eigenvalue weighted by molar-refractivity contribution is -0.139. The summed E-state index contributed by atoms with van der Waals surface area (Å²) in [5, 5.41) is 72.0. The van der Waals surface area contributed by atoms with E-state index >= 15 is 0 Å². The molecule has 1 aromatic heterocycles. The van der Waals surface area contributed by atoms with Gasteiger partial charge in [-0.05, 0) is 72.6 Å². The van der Waals surface area contributed by atoms with E-state index in [1.54, 1.807) is 67.0 Å². The lowest BCUT2D eigenvalue weighted by Crippen LogP contribution is -2.61. The minimum Gasteiger partial charge on any atom is -0.508 e. The zero-order valence-electron chi connectivity index (χ0n) is 50.1. The van der Waals surface area contributed by atoms with Gasteiger partial charge in [0.1, 0.15) is 73.0 Å². The average molecular weight is 1300 g/mol. The van der Waals surface area contributed by atoms with Crippen molar-refractivity contribution in [2.45, 2.75) is 118 Å². The molecule has 3 aromatic carbocycles. The van der Waals surface area contributed by atoms with E-state index in [0.717, 1.165) is 0 Å². The van der Waals surface area contributed by atoms with Crippen molar-refractivity contribution in [3.05, 3.63) is 102 Å². The molecule has 5 rings (SSSR count). The highest BCUT2D eigenvalue weighted by molar-refractivity contribution is 7.98. The first kappa shape index (κ1) is 72.8. The highest BCUT2D eigenvalue weighted by Gasteiger charge is 2.36. The van der Waals surface area contributed by atoms with E-state index in [9.17, 15) is 78.3 Å². The van der Waals surface area contributed by atoms with Crippen LogP contribution in [0.2, 0.25) is 0 Å². The van der Waals surface area contributed by atoms with Gasteiger partial charge in [0.2, 0.25) is 53.2 Å². The molecule has 10 atom stereocenters. The Balaban J connectivity index is 1.40. The molecule has 0 bridgehead atoms. The quantitative estimate of drug-likeness (QED) is 0.0115. The number of carboxylic acids is 2. The first-order chi connectivity index (χ1) is 44.0. The summed E-state index contributed by atoms with van der Waals surface area (Å²) in [6.45, 7) is -2.62. The van der Waals surface area contributed by atoms with Crippen molar-refractivity contribution in [3.8, 4) is 5.75 Å². The van der Waals surface area contributed by atoms with Gasteiger partial charge in [0.15, 0.2) is 5.96 Å². The number of fused-ring (bicyclic) bond motifs is 1. The summed E-state index contributed by atoms with van der Waals surface area (Å²) < 4.78 is 0. The molecule has 4 aromatic rings. The van der Waals surface area contributed by atoms with Crippen LogP contribution in [0, 0.1) is 0 Å². The standard InChI is InChI=1S/C59H78N16O16S/c1-92-21-19-42(70-58(91)47(30-77)75-56(89)43(71-50(83)38(60)29-76)23-33-13-15-36(78)16-14-33)54(87)69-41(17-18-48(79)80)53(86)74-46(25-35-27-63-31-67-35)57(90)72-44(22-32-8-3-2-4-9-32)55(88)68-40(12-7-20-64-59(61)62)52(85)73-45(51(84)66-28-49(81)82)24-34-26-65-39-11-6-5-10-37(34)39/h2-6,8-11,13-16,26-27,31,35,38,40-47,65,76-78H,7,12,17-25,28-30,60H2,1H3,(H,66,84)(H,68,88)(H,69,87)(H,70,91)(H,71,83)(H,72,90)(H,73,85)(H,74,86)(H,75,89)(H,79,80)(H,81,82)(H4,61,62,64)/t35?,38-,40-,41-,42-,43-,44-,45-,46-,47-/m0/s1. The molecule has 21 N–H and O–H groups in total. The Hall–Kier alpha value is -9.99. The van der Waals surface area contributed by atoms with E-state index in [4.69, 9.17) is 17.2 Å². The Morgan fingerprint density at radius 1 is 0.587 bits per heavy atom. The summed E-state index contributed by atoms with van der Waals surface area (Å²) in [5.41, 5.74) is 19.0. The Kier molecular flexibility index (Phi) is 29.4. The van der Waals surface area contributed by atoms with Crippen LogP contribution in [-0.4, -0.2) is 213 Å². The number of carbonyl (C=O) groups is 11. The van der Waals surface area contributed by atoms with Gasteiger partial charge in [0.05, 0.1) is 19.3 Å². The normalized spacial score (nSPS) is 15.3. The van der Waals surface area contributed by atoms with Gasteiger partial charge >= 0.3 is 11.9 Å². The SMILES string of the molecule is CSCC[C@H](NC(=O)[C@H](CO)NC(=O)[C@H](Cc1ccc(O)cc1)NC(=O)[C@@H](N)CO)C(=O)N[C@@H](CCC(=O)O)C(=O)N[C@@H](CC1C=NC=N1)C(=O)N[C@@H](Cc1ccccc1)C(=O)N[C@@H](CCCN=C(N)N)C(=O)N[C@@H](Cc1c[nH]c2ccccc12)C(=O)NCC(=O)O. The second-order valence-electron chi connectivity index (χ2n) is 21.2. The largest absolute Gasteiger partial charge is 0.508 e. The first-order valence-electron chi connectivity index (χ1n) is 29.1. The van der Waals surface area contributed by atoms with E-state index in [2.05, 4.69) is 67.8 Å². The molecule has 32 nitrogen and oxygen atoms in total. The van der Waals surface area contributed by atoms with Gasteiger partial charge in [0, 0.05) is 62.0 Å². The molecule has 0 aliphatic carbocycles. The fourth-order valence-corrected chi connectivity index (χ4v) is 9.79. The lowest BCUT2D eigenvalue weighted by atomic mass is 10.0. The number of hydrogen-bond donors (Lipinski definition) is 18. The molecular weight excluding hydrogens is 1220 g/mol. The molecule has 0 spiro atoms. The minimum atomic E-state index is -1.77. The maximum atomic E-state index is 14.8. The number of rotatable bonds is 39. The monoisotopic (exact) mass is 1300 g/mol. The van der Waals surface area contributed by atoms with E-state index in [0.29, 0.717) is 27.6 Å². The van der Waals surface area contributed by atoms with E-state index in [-0.39, 0.29) is 69.0 Å². The Morgan fingerprint density at radius 3 is 1.66 bits per heavy atom. The third kappa shape index (κ3) is 24.1. The van der Waals surface area contributed by atoms with Crippen LogP contribution in [-0.2, 0) is 72.0 Å². The molecule has 33 heteroatoms. The summed E-state index contributed by atoms with van der Waals surface area (Å²) in [7, 11) is 0. The molecule has 9 amide bonds. The van der Waals surface area contributed by atoms with Crippen molar-refractivity contribution >= 4 is 106 Å². The number of aromatic hydroxyl groups is 1. The number of amides is 9. The van der Waals surface area contributed by atoms with Crippen LogP contribution in [0.3, 0.4) is 0 Å². The molecule has 2 heterocycles. The van der Waals surface area contributed by atoms with E-state index in [1.165, 1.54) is 48.6 Å². The molecule has 1 aliphatic heterocycles. The number of guanidine groups is 1. The number of phenols is 1. The number of nitrogens with zero attached hydrogens (tertiary/aromatic N) is 3. The number of nitrogens with one attached hydrogen (secondary N) is 10. The van der Waals surface area contributed by atoms with Crippen LogP contribution >= 0.6 is 11.8 Å². The van der Waals surface area contributed by atoms with Gasteiger partial charge in [-0.3, -0.25) is 62.7 Å². The number of H-pyrrole nitrogens is 1. The molecule has 1 unspecified atom stereocenters. The average Bonchev–Trinajstić information content (AvgIpc) is 1.75. The fourth-order valence-electron chi connectivity index (χ4n) is 9.32. The highest BCUT2D eigenvalue weighted by Crippen LogP contribution is 2.20. The second-order valence-corrected chi connectivity index (χ2v) is 22.2. The summed E-state index contributed by atoms with van der Waals surface area (Å²) in [5.74, 6) is -11.8. The molecule has 1 aliphatic rings. The molecule has 0 radical (unpaired) electrons. The number of aromatic nitrogens is 1. The highest BCUT2D eigenvalue weighted by atomic mass is 32.2. The number of hydrogen-bond acceptors (Lipinski definition) is 19. The Morgan fingerprint density at radius 2 is 1.10 bits per heavy atom. The number of aliphatic hydroxyl groups is 2. The van der Waals surface area contributed by atoms with Crippen LogP contribution in [0.5, 0.6) is 5.75 Å². The predicted molar refractivity (Wildman–Crippen MR) is 337 cm³/mol. The van der Waals surface area contributed by atoms with Gasteiger partial charge in [-0.15, -0.1) is 0 Å². The van der Waals surface area contributed by atoms with Crippen LogP contribution < -0.4 is 65.1 Å². The first-order valence-corrected chi connectivity index (χ1v) is 30.5. The number of carboxylic acid groups (broad SMARTS) is 2. The van der Waals surface area contributed by atoms with Crippen molar-refractivity contribution in [1.29, 1.82) is 0 Å². The fraction of sp³-hybridized carbons (Fsp3) is 0.424. The van der Waals surface area contributed by atoms with Crippen LogP contribution in [0.25, 0.3) is 10.9 Å². The summed E-state index contributed by atoms with van der Waals surface area (Å²) in [4.78, 5) is 166. The van der Waals surface area contributed by atoms with Crippen molar-refractivity contribution < 1.29 is 78.3 Å². The van der Waals surface area contributed by atoms with Gasteiger partial charge in [0.25, 0.3) is 0 Å². The maximum Gasteiger partial charge on any atom is 0.322 e. The second kappa shape index (κ2) is 37.2. The van der Waals surface area contributed by atoms with Crippen molar-refractivity contribution in [1.82, 2.24) is 52.8 Å². The number of aliphatic carboxylic acids is 2. The Bertz CT molecular complexity index is 3280. The lowest BCUT2D eigenvalue weighted by Gasteiger charge is -2.28. The van der Waals surface area contributed by atoms with Crippen molar-refractivity contribution in [2.24, 2.45) is 32.2 Å². The number of thioether (sulfide) groups is 1. The van der Waals surface area contributed by atoms with Crippen LogP contribution in [0.15, 0.2) is 100 Å². The summed E-state index contributed by atoms with van der Waals surface area (Å²) >= 11 is 1.25. The van der Waals surface area contributed by atoms with Gasteiger partial charge < -0.3 is 95.6 Å².